The molecule has 0 amide bonds. The van der Waals surface area contributed by atoms with Gasteiger partial charge < -0.3 is 10.2 Å². The summed E-state index contributed by atoms with van der Waals surface area (Å²) >= 11 is 0. The van der Waals surface area contributed by atoms with Crippen molar-refractivity contribution in [2.45, 2.75) is 27.2 Å². The fourth-order valence-corrected chi connectivity index (χ4v) is 2.41. The SMILES string of the molecule is C=CCN=C(NCC)N1CC(C)CC(C)C1.I. The predicted molar refractivity (Wildman–Crippen MR) is 86.1 cm³/mol. The number of nitrogens with one attached hydrogen (secondary N) is 1. The van der Waals surface area contributed by atoms with Crippen LogP contribution in [0.4, 0.5) is 0 Å². The summed E-state index contributed by atoms with van der Waals surface area (Å²) in [6, 6.07) is 0. The van der Waals surface area contributed by atoms with E-state index >= 15 is 0 Å². The van der Waals surface area contributed by atoms with Gasteiger partial charge in [0.25, 0.3) is 0 Å². The monoisotopic (exact) mass is 351 g/mol. The Balaban J connectivity index is 0.00000256. The molecule has 4 heteroatoms. The van der Waals surface area contributed by atoms with Gasteiger partial charge in [0.1, 0.15) is 0 Å². The van der Waals surface area contributed by atoms with Crippen molar-refractivity contribution < 1.29 is 0 Å². The van der Waals surface area contributed by atoms with Crippen molar-refractivity contribution >= 4 is 29.9 Å². The zero-order valence-electron chi connectivity index (χ0n) is 11.3. The molecule has 0 bridgehead atoms. The van der Waals surface area contributed by atoms with Crippen LogP contribution in [-0.2, 0) is 0 Å². The van der Waals surface area contributed by atoms with E-state index in [9.17, 15) is 0 Å². The molecule has 0 saturated carbocycles. The molecule has 0 radical (unpaired) electrons. The standard InChI is InChI=1S/C13H25N3.HI/c1-5-7-15-13(14-6-2)16-9-11(3)8-12(4)10-16;/h5,11-12H,1,6-10H2,2-4H3,(H,14,15);1H. The van der Waals surface area contributed by atoms with Crippen LogP contribution in [0.5, 0.6) is 0 Å². The van der Waals surface area contributed by atoms with Crippen molar-refractivity contribution in [3.63, 3.8) is 0 Å². The van der Waals surface area contributed by atoms with E-state index in [0.717, 1.165) is 37.4 Å². The van der Waals surface area contributed by atoms with Crippen molar-refractivity contribution in [1.82, 2.24) is 10.2 Å². The molecule has 1 N–H and O–H groups in total. The van der Waals surface area contributed by atoms with Crippen LogP contribution in [-0.4, -0.2) is 37.0 Å². The first-order chi connectivity index (χ1) is 7.67. The highest BCUT2D eigenvalue weighted by Gasteiger charge is 2.23. The molecule has 1 heterocycles. The lowest BCUT2D eigenvalue weighted by Gasteiger charge is -2.37. The number of hydrogen-bond donors (Lipinski definition) is 1. The summed E-state index contributed by atoms with van der Waals surface area (Å²) in [5, 5.41) is 3.36. The number of guanidine groups is 1. The average Bonchev–Trinajstić information content (AvgIpc) is 2.22. The lowest BCUT2D eigenvalue weighted by atomic mass is 9.92. The third-order valence-electron chi connectivity index (χ3n) is 2.87. The maximum absolute atomic E-state index is 4.54. The normalized spacial score (nSPS) is 25.1. The van der Waals surface area contributed by atoms with E-state index in [1.807, 2.05) is 6.08 Å². The molecule has 1 aliphatic rings. The van der Waals surface area contributed by atoms with Crippen molar-refractivity contribution in [2.24, 2.45) is 16.8 Å². The number of likely N-dealkylation sites (tertiary alicyclic amines) is 1. The number of halogens is 1. The van der Waals surface area contributed by atoms with Gasteiger partial charge in [0.05, 0.1) is 6.54 Å². The molecule has 1 aliphatic heterocycles. The van der Waals surface area contributed by atoms with Crippen molar-refractivity contribution in [3.8, 4) is 0 Å². The topological polar surface area (TPSA) is 27.6 Å². The van der Waals surface area contributed by atoms with Crippen LogP contribution in [0.25, 0.3) is 0 Å². The minimum Gasteiger partial charge on any atom is -0.357 e. The molecule has 1 fully saturated rings. The molecular weight excluding hydrogens is 325 g/mol. The highest BCUT2D eigenvalue weighted by atomic mass is 127. The molecule has 0 aromatic heterocycles. The molecule has 1 rings (SSSR count). The van der Waals surface area contributed by atoms with E-state index in [0.29, 0.717) is 6.54 Å². The molecule has 3 nitrogen and oxygen atoms in total. The van der Waals surface area contributed by atoms with Crippen LogP contribution in [0.1, 0.15) is 27.2 Å². The highest BCUT2D eigenvalue weighted by molar-refractivity contribution is 14.0. The predicted octanol–water partition coefficient (Wildman–Crippen LogP) is 2.73. The van der Waals surface area contributed by atoms with E-state index in [2.05, 4.69) is 42.6 Å². The lowest BCUT2D eigenvalue weighted by Crippen LogP contribution is -2.48. The van der Waals surface area contributed by atoms with Gasteiger partial charge in [-0.15, -0.1) is 30.6 Å². The first kappa shape index (κ1) is 16.7. The summed E-state index contributed by atoms with van der Waals surface area (Å²) in [6.07, 6.45) is 3.17. The highest BCUT2D eigenvalue weighted by Crippen LogP contribution is 2.20. The summed E-state index contributed by atoms with van der Waals surface area (Å²) < 4.78 is 0. The van der Waals surface area contributed by atoms with E-state index < -0.39 is 0 Å². The third kappa shape index (κ3) is 5.75. The molecule has 1 saturated heterocycles. The van der Waals surface area contributed by atoms with Gasteiger partial charge in [-0.25, -0.2) is 4.99 Å². The largest absolute Gasteiger partial charge is 0.357 e. The first-order valence-corrected chi connectivity index (χ1v) is 6.31. The Morgan fingerprint density at radius 2 is 2.00 bits per heavy atom. The number of aliphatic imine (C=N–C) groups is 1. The van der Waals surface area contributed by atoms with Crippen molar-refractivity contribution in [3.05, 3.63) is 12.7 Å². The second kappa shape index (κ2) is 8.78. The quantitative estimate of drug-likeness (QED) is 0.367. The molecular formula is C13H26IN3. The number of rotatable bonds is 3. The second-order valence-electron chi connectivity index (χ2n) is 4.83. The Labute approximate surface area is 123 Å². The summed E-state index contributed by atoms with van der Waals surface area (Å²) in [4.78, 5) is 6.92. The van der Waals surface area contributed by atoms with Gasteiger partial charge in [-0.3, -0.25) is 0 Å². The van der Waals surface area contributed by atoms with Crippen LogP contribution in [0.2, 0.25) is 0 Å². The maximum atomic E-state index is 4.54. The van der Waals surface area contributed by atoms with Crippen LogP contribution in [0, 0.1) is 11.8 Å². The fourth-order valence-electron chi connectivity index (χ4n) is 2.41. The summed E-state index contributed by atoms with van der Waals surface area (Å²) in [6.45, 7) is 14.3. The minimum absolute atomic E-state index is 0. The van der Waals surface area contributed by atoms with Crippen molar-refractivity contribution in [2.75, 3.05) is 26.2 Å². The Morgan fingerprint density at radius 3 is 2.47 bits per heavy atom. The van der Waals surface area contributed by atoms with Gasteiger partial charge in [0, 0.05) is 19.6 Å². The number of hydrogen-bond acceptors (Lipinski definition) is 1. The summed E-state index contributed by atoms with van der Waals surface area (Å²) in [5.41, 5.74) is 0. The van der Waals surface area contributed by atoms with Gasteiger partial charge >= 0.3 is 0 Å². The molecule has 2 atom stereocenters. The molecule has 0 aromatic carbocycles. The van der Waals surface area contributed by atoms with Gasteiger partial charge in [0.2, 0.25) is 0 Å². The molecule has 0 spiro atoms. The lowest BCUT2D eigenvalue weighted by molar-refractivity contribution is 0.208. The first-order valence-electron chi connectivity index (χ1n) is 6.31. The Morgan fingerprint density at radius 1 is 1.41 bits per heavy atom. The van der Waals surface area contributed by atoms with E-state index in [1.54, 1.807) is 0 Å². The van der Waals surface area contributed by atoms with E-state index in [4.69, 9.17) is 0 Å². The smallest absolute Gasteiger partial charge is 0.194 e. The molecule has 100 valence electrons. The van der Waals surface area contributed by atoms with Crippen LogP contribution < -0.4 is 5.32 Å². The van der Waals surface area contributed by atoms with Crippen LogP contribution in [0.15, 0.2) is 17.6 Å². The molecule has 0 aliphatic carbocycles. The van der Waals surface area contributed by atoms with Crippen LogP contribution in [0.3, 0.4) is 0 Å². The second-order valence-corrected chi connectivity index (χ2v) is 4.83. The third-order valence-corrected chi connectivity index (χ3v) is 2.87. The Kier molecular flexibility index (Phi) is 8.64. The summed E-state index contributed by atoms with van der Waals surface area (Å²) in [5.74, 6) is 2.56. The zero-order valence-corrected chi connectivity index (χ0v) is 13.6. The van der Waals surface area contributed by atoms with Gasteiger partial charge in [-0.2, -0.15) is 0 Å². The van der Waals surface area contributed by atoms with E-state index in [-0.39, 0.29) is 24.0 Å². The zero-order chi connectivity index (χ0) is 12.0. The molecule has 17 heavy (non-hydrogen) atoms. The maximum Gasteiger partial charge on any atom is 0.194 e. The van der Waals surface area contributed by atoms with Crippen LogP contribution >= 0.6 is 24.0 Å². The minimum atomic E-state index is 0. The Bertz CT molecular complexity index is 243. The average molecular weight is 351 g/mol. The Hall–Kier alpha value is -0.260. The fraction of sp³-hybridized carbons (Fsp3) is 0.769. The number of piperidine rings is 1. The molecule has 2 unspecified atom stereocenters. The van der Waals surface area contributed by atoms with Gasteiger partial charge in [-0.05, 0) is 25.2 Å². The van der Waals surface area contributed by atoms with E-state index in [1.165, 1.54) is 6.42 Å². The summed E-state index contributed by atoms with van der Waals surface area (Å²) in [7, 11) is 0. The molecule has 0 aromatic rings. The van der Waals surface area contributed by atoms with Gasteiger partial charge in [-0.1, -0.05) is 19.9 Å². The van der Waals surface area contributed by atoms with Crippen molar-refractivity contribution in [1.29, 1.82) is 0 Å². The number of nitrogens with zero attached hydrogens (tertiary/aromatic N) is 2. The van der Waals surface area contributed by atoms with Gasteiger partial charge in [0.15, 0.2) is 5.96 Å².